The first kappa shape index (κ1) is 10.1. The molecule has 0 saturated heterocycles. The van der Waals surface area contributed by atoms with Crippen molar-refractivity contribution in [1.82, 2.24) is 0 Å². The number of rotatable bonds is 0. The predicted molar refractivity (Wildman–Crippen MR) is 73.6 cm³/mol. The smallest absolute Gasteiger partial charge is 0.0561 e. The lowest BCUT2D eigenvalue weighted by Gasteiger charge is -2.30. The average Bonchev–Trinajstić information content (AvgIpc) is 2.14. The van der Waals surface area contributed by atoms with Gasteiger partial charge in [-0.15, -0.1) is 0 Å². The van der Waals surface area contributed by atoms with Crippen LogP contribution in [0.25, 0.3) is 10.8 Å². The average molecular weight is 226 g/mol. The van der Waals surface area contributed by atoms with Gasteiger partial charge in [0.2, 0.25) is 0 Å². The first-order valence-corrected chi connectivity index (χ1v) is 9.48. The van der Waals surface area contributed by atoms with Gasteiger partial charge >= 0.3 is 0 Å². The summed E-state index contributed by atoms with van der Waals surface area (Å²) in [6.45, 7) is 7.24. The van der Waals surface area contributed by atoms with E-state index >= 15 is 0 Å². The van der Waals surface area contributed by atoms with Crippen LogP contribution in [0.2, 0.25) is 13.1 Å². The summed E-state index contributed by atoms with van der Waals surface area (Å²) >= 11 is 0. The third-order valence-corrected chi connectivity index (χ3v) is 6.30. The fourth-order valence-corrected chi connectivity index (χ4v) is 5.91. The van der Waals surface area contributed by atoms with Gasteiger partial charge in [-0.25, -0.2) is 0 Å². The molecule has 0 aliphatic carbocycles. The number of benzene rings is 2. The Kier molecular flexibility index (Phi) is 2.02. The van der Waals surface area contributed by atoms with Crippen LogP contribution in [0.1, 0.15) is 16.7 Å². The first-order chi connectivity index (χ1) is 7.55. The molecule has 82 valence electrons. The highest BCUT2D eigenvalue weighted by atomic mass is 28.3. The van der Waals surface area contributed by atoms with Gasteiger partial charge in [-0.05, 0) is 40.9 Å². The fraction of sp³-hybridized carbons (Fsp3) is 0.333. The summed E-state index contributed by atoms with van der Waals surface area (Å²) in [4.78, 5) is 0. The molecular weight excluding hydrogens is 208 g/mol. The first-order valence-electron chi connectivity index (χ1n) is 6.06. The summed E-state index contributed by atoms with van der Waals surface area (Å²) in [5.41, 5.74) is 4.61. The molecular formula is C15H18Si. The van der Waals surface area contributed by atoms with Crippen LogP contribution in [0, 0.1) is 6.92 Å². The van der Waals surface area contributed by atoms with Crippen LogP contribution in [0.3, 0.4) is 0 Å². The minimum absolute atomic E-state index is 1.04. The van der Waals surface area contributed by atoms with Crippen molar-refractivity contribution in [2.24, 2.45) is 0 Å². The van der Waals surface area contributed by atoms with Crippen LogP contribution in [-0.2, 0) is 12.1 Å². The van der Waals surface area contributed by atoms with E-state index in [1.54, 1.807) is 16.5 Å². The van der Waals surface area contributed by atoms with Gasteiger partial charge < -0.3 is 0 Å². The van der Waals surface area contributed by atoms with Gasteiger partial charge in [0.25, 0.3) is 0 Å². The largest absolute Gasteiger partial charge is 0.0689 e. The Balaban J connectivity index is 2.37. The van der Waals surface area contributed by atoms with Crippen molar-refractivity contribution < 1.29 is 0 Å². The summed E-state index contributed by atoms with van der Waals surface area (Å²) in [5, 5.41) is 3.00. The molecule has 0 saturated carbocycles. The summed E-state index contributed by atoms with van der Waals surface area (Å²) < 4.78 is 0. The van der Waals surface area contributed by atoms with E-state index in [4.69, 9.17) is 0 Å². The second-order valence-electron chi connectivity index (χ2n) is 5.96. The molecule has 1 heteroatoms. The molecule has 0 amide bonds. The highest BCUT2D eigenvalue weighted by Gasteiger charge is 2.28. The molecule has 0 unspecified atom stereocenters. The number of hydrogen-bond acceptors (Lipinski definition) is 0. The topological polar surface area (TPSA) is 0 Å². The standard InChI is InChI=1S/C15H18Si/c1-11-7-12-5-4-6-13-9-16(2,3)10-14(8-11)15(12)13/h4-8H,9-10H2,1-3H3. The third-order valence-electron chi connectivity index (χ3n) is 3.63. The maximum absolute atomic E-state index is 2.51. The van der Waals surface area contributed by atoms with Crippen LogP contribution in [0.4, 0.5) is 0 Å². The van der Waals surface area contributed by atoms with Crippen LogP contribution < -0.4 is 0 Å². The molecule has 0 nitrogen and oxygen atoms in total. The minimum Gasteiger partial charge on any atom is -0.0689 e. The van der Waals surface area contributed by atoms with Crippen molar-refractivity contribution in [2.45, 2.75) is 32.1 Å². The molecule has 2 aromatic carbocycles. The Morgan fingerprint density at radius 3 is 2.56 bits per heavy atom. The highest BCUT2D eigenvalue weighted by Crippen LogP contribution is 2.33. The predicted octanol–water partition coefficient (Wildman–Crippen LogP) is 4.03. The second-order valence-corrected chi connectivity index (χ2v) is 11.0. The van der Waals surface area contributed by atoms with E-state index in [1.165, 1.54) is 23.0 Å². The molecule has 2 aromatic rings. The van der Waals surface area contributed by atoms with Crippen LogP contribution in [0.15, 0.2) is 30.3 Å². The van der Waals surface area contributed by atoms with Crippen molar-refractivity contribution in [3.8, 4) is 0 Å². The normalized spacial score (nSPS) is 17.7. The number of hydrogen-bond donors (Lipinski definition) is 0. The molecule has 0 radical (unpaired) electrons. The Bertz CT molecular complexity index is 567. The zero-order valence-electron chi connectivity index (χ0n) is 10.3. The Labute approximate surface area is 98.3 Å². The van der Waals surface area contributed by atoms with Gasteiger partial charge in [0.1, 0.15) is 0 Å². The van der Waals surface area contributed by atoms with Crippen molar-refractivity contribution >= 4 is 18.8 Å². The molecule has 0 bridgehead atoms. The van der Waals surface area contributed by atoms with Crippen molar-refractivity contribution in [3.63, 3.8) is 0 Å². The monoisotopic (exact) mass is 226 g/mol. The molecule has 1 heterocycles. The molecule has 0 N–H and O–H groups in total. The van der Waals surface area contributed by atoms with Crippen LogP contribution >= 0.6 is 0 Å². The lowest BCUT2D eigenvalue weighted by Crippen LogP contribution is -2.35. The lowest BCUT2D eigenvalue weighted by molar-refractivity contribution is 1.18. The Hall–Kier alpha value is -1.08. The van der Waals surface area contributed by atoms with E-state index in [0.29, 0.717) is 0 Å². The number of aryl methyl sites for hydroxylation is 1. The maximum atomic E-state index is 2.51. The van der Waals surface area contributed by atoms with E-state index in [-0.39, 0.29) is 0 Å². The van der Waals surface area contributed by atoms with E-state index in [2.05, 4.69) is 50.3 Å². The van der Waals surface area contributed by atoms with E-state index in [1.807, 2.05) is 0 Å². The van der Waals surface area contributed by atoms with Gasteiger partial charge in [0.15, 0.2) is 0 Å². The van der Waals surface area contributed by atoms with Gasteiger partial charge in [-0.3, -0.25) is 0 Å². The third kappa shape index (κ3) is 1.50. The Morgan fingerprint density at radius 1 is 1.00 bits per heavy atom. The summed E-state index contributed by atoms with van der Waals surface area (Å²) in [6, 6.07) is 14.2. The van der Waals surface area contributed by atoms with Crippen molar-refractivity contribution in [3.05, 3.63) is 47.0 Å². The van der Waals surface area contributed by atoms with Gasteiger partial charge in [-0.2, -0.15) is 0 Å². The summed E-state index contributed by atoms with van der Waals surface area (Å²) in [6.07, 6.45) is 0. The van der Waals surface area contributed by atoms with Gasteiger partial charge in [-0.1, -0.05) is 49.0 Å². The molecule has 0 fully saturated rings. The fourth-order valence-electron chi connectivity index (χ4n) is 3.15. The van der Waals surface area contributed by atoms with Crippen molar-refractivity contribution in [2.75, 3.05) is 0 Å². The molecule has 3 rings (SSSR count). The van der Waals surface area contributed by atoms with Gasteiger partial charge in [0.05, 0.1) is 8.07 Å². The molecule has 1 aliphatic heterocycles. The van der Waals surface area contributed by atoms with Gasteiger partial charge in [0, 0.05) is 0 Å². The maximum Gasteiger partial charge on any atom is 0.0561 e. The van der Waals surface area contributed by atoms with Crippen LogP contribution in [0.5, 0.6) is 0 Å². The second kappa shape index (κ2) is 3.20. The molecule has 0 aromatic heterocycles. The highest BCUT2D eigenvalue weighted by molar-refractivity contribution is 6.77. The molecule has 16 heavy (non-hydrogen) atoms. The SMILES string of the molecule is Cc1cc2c3c(cccc3c1)C[Si](C)(C)C2. The minimum atomic E-state index is -1.04. The van der Waals surface area contributed by atoms with Crippen LogP contribution in [-0.4, -0.2) is 8.07 Å². The van der Waals surface area contributed by atoms with E-state index in [0.717, 1.165) is 0 Å². The zero-order valence-corrected chi connectivity index (χ0v) is 11.3. The molecule has 1 aliphatic rings. The summed E-state index contributed by atoms with van der Waals surface area (Å²) in [5.74, 6) is 0. The molecule has 0 spiro atoms. The zero-order chi connectivity index (χ0) is 11.3. The Morgan fingerprint density at radius 2 is 1.75 bits per heavy atom. The summed E-state index contributed by atoms with van der Waals surface area (Å²) in [7, 11) is -1.04. The van der Waals surface area contributed by atoms with E-state index < -0.39 is 8.07 Å². The van der Waals surface area contributed by atoms with E-state index in [9.17, 15) is 0 Å². The van der Waals surface area contributed by atoms with Crippen molar-refractivity contribution in [1.29, 1.82) is 0 Å². The quantitative estimate of drug-likeness (QED) is 0.595. The lowest BCUT2D eigenvalue weighted by atomic mass is 9.98. The molecule has 0 atom stereocenters.